The summed E-state index contributed by atoms with van der Waals surface area (Å²) in [5, 5.41) is 13.6. The molecule has 1 aromatic carbocycles. The van der Waals surface area contributed by atoms with E-state index >= 15 is 0 Å². The molecular formula is C16H20N2O2. The summed E-state index contributed by atoms with van der Waals surface area (Å²) in [6, 6.07) is 8.15. The molecule has 2 heterocycles. The van der Waals surface area contributed by atoms with Gasteiger partial charge in [-0.3, -0.25) is 4.79 Å². The summed E-state index contributed by atoms with van der Waals surface area (Å²) in [5.41, 5.74) is 1.97. The zero-order chi connectivity index (χ0) is 13.7. The monoisotopic (exact) mass is 272 g/mol. The maximum atomic E-state index is 12.5. The number of amides is 1. The van der Waals surface area contributed by atoms with Gasteiger partial charge in [0.1, 0.15) is 5.60 Å². The number of hydrogen-bond donors (Lipinski definition) is 2. The molecule has 4 heteroatoms. The fourth-order valence-corrected chi connectivity index (χ4v) is 3.50. The third-order valence-electron chi connectivity index (χ3n) is 4.96. The number of carbonyl (C=O) groups excluding carboxylic acids is 1. The molecule has 0 aromatic heterocycles. The number of carbonyl (C=O) groups is 1. The number of likely N-dealkylation sites (tertiary alicyclic amines) is 1. The molecule has 1 unspecified atom stereocenters. The average Bonchev–Trinajstić information content (AvgIpc) is 3.27. The molecule has 2 aliphatic heterocycles. The van der Waals surface area contributed by atoms with Gasteiger partial charge in [-0.15, -0.1) is 0 Å². The molecule has 4 nitrogen and oxygen atoms in total. The van der Waals surface area contributed by atoms with Gasteiger partial charge in [-0.25, -0.2) is 0 Å². The maximum Gasteiger partial charge on any atom is 0.240 e. The number of β-amino-alcohol motifs (C(OH)–C–C–N with tert-alkyl or cyclic N) is 1. The van der Waals surface area contributed by atoms with Gasteiger partial charge in [-0.2, -0.15) is 0 Å². The summed E-state index contributed by atoms with van der Waals surface area (Å²) in [6.45, 7) is 1.81. The Morgan fingerprint density at radius 2 is 1.95 bits per heavy atom. The Hall–Kier alpha value is -1.39. The lowest BCUT2D eigenvalue weighted by atomic mass is 9.87. The smallest absolute Gasteiger partial charge is 0.240 e. The summed E-state index contributed by atoms with van der Waals surface area (Å²) >= 11 is 0. The molecule has 20 heavy (non-hydrogen) atoms. The van der Waals surface area contributed by atoms with Gasteiger partial charge in [-0.1, -0.05) is 24.3 Å². The van der Waals surface area contributed by atoms with Crippen LogP contribution in [0.5, 0.6) is 0 Å². The summed E-state index contributed by atoms with van der Waals surface area (Å²) in [5.74, 6) is 0.580. The topological polar surface area (TPSA) is 52.6 Å². The highest BCUT2D eigenvalue weighted by atomic mass is 16.3. The van der Waals surface area contributed by atoms with Crippen LogP contribution in [-0.2, 0) is 17.8 Å². The molecule has 0 spiro atoms. The van der Waals surface area contributed by atoms with Gasteiger partial charge in [-0.05, 0) is 36.3 Å². The number of rotatable bonds is 2. The number of nitrogens with zero attached hydrogens (tertiary/aromatic N) is 1. The lowest BCUT2D eigenvalue weighted by Crippen LogP contribution is -2.67. The van der Waals surface area contributed by atoms with Crippen molar-refractivity contribution in [2.45, 2.75) is 37.5 Å². The Labute approximate surface area is 118 Å². The fourth-order valence-electron chi connectivity index (χ4n) is 3.50. The normalized spacial score (nSPS) is 27.6. The maximum absolute atomic E-state index is 12.5. The third-order valence-corrected chi connectivity index (χ3v) is 4.96. The van der Waals surface area contributed by atoms with Crippen molar-refractivity contribution >= 4 is 5.91 Å². The molecule has 1 amide bonds. The van der Waals surface area contributed by atoms with Crippen LogP contribution in [0.25, 0.3) is 0 Å². The highest BCUT2D eigenvalue weighted by molar-refractivity contribution is 5.83. The van der Waals surface area contributed by atoms with Crippen LogP contribution in [0.4, 0.5) is 0 Å². The Bertz CT molecular complexity index is 547. The van der Waals surface area contributed by atoms with Crippen molar-refractivity contribution in [3.05, 3.63) is 35.4 Å². The molecule has 4 rings (SSSR count). The summed E-state index contributed by atoms with van der Waals surface area (Å²) in [6.07, 6.45) is 2.99. The second-order valence-corrected chi connectivity index (χ2v) is 6.48. The van der Waals surface area contributed by atoms with Crippen LogP contribution in [0, 0.1) is 5.92 Å². The van der Waals surface area contributed by atoms with Gasteiger partial charge in [0.2, 0.25) is 5.91 Å². The Balaban J connectivity index is 1.41. The third kappa shape index (κ3) is 1.95. The Morgan fingerprint density at radius 3 is 2.65 bits per heavy atom. The standard InChI is InChI=1S/C16H20N2O2/c19-15(18-9-16(20,10-18)13-5-6-13)14-7-11-3-1-2-4-12(11)8-17-14/h1-4,13-14,17,20H,5-10H2. The summed E-state index contributed by atoms with van der Waals surface area (Å²) in [7, 11) is 0. The van der Waals surface area contributed by atoms with Crippen molar-refractivity contribution in [3.8, 4) is 0 Å². The van der Waals surface area contributed by atoms with E-state index in [1.165, 1.54) is 11.1 Å². The highest BCUT2D eigenvalue weighted by Gasteiger charge is 2.53. The van der Waals surface area contributed by atoms with Gasteiger partial charge in [0, 0.05) is 6.54 Å². The summed E-state index contributed by atoms with van der Waals surface area (Å²) < 4.78 is 0. The van der Waals surface area contributed by atoms with Crippen LogP contribution in [0.1, 0.15) is 24.0 Å². The van der Waals surface area contributed by atoms with Gasteiger partial charge < -0.3 is 15.3 Å². The highest BCUT2D eigenvalue weighted by Crippen LogP contribution is 2.44. The zero-order valence-electron chi connectivity index (χ0n) is 11.5. The van der Waals surface area contributed by atoms with Crippen molar-refractivity contribution < 1.29 is 9.90 Å². The molecule has 2 fully saturated rings. The van der Waals surface area contributed by atoms with Crippen molar-refractivity contribution in [1.29, 1.82) is 0 Å². The molecular weight excluding hydrogens is 252 g/mol. The lowest BCUT2D eigenvalue weighted by molar-refractivity contribution is -0.161. The number of benzene rings is 1. The van der Waals surface area contributed by atoms with Crippen LogP contribution < -0.4 is 5.32 Å². The molecule has 1 saturated heterocycles. The second kappa shape index (κ2) is 4.30. The predicted octanol–water partition coefficient (Wildman–Crippen LogP) is 0.684. The van der Waals surface area contributed by atoms with Crippen molar-refractivity contribution in [2.75, 3.05) is 13.1 Å². The van der Waals surface area contributed by atoms with Crippen LogP contribution in [0.3, 0.4) is 0 Å². The van der Waals surface area contributed by atoms with Crippen LogP contribution in [0.15, 0.2) is 24.3 Å². The van der Waals surface area contributed by atoms with Crippen LogP contribution in [-0.4, -0.2) is 40.6 Å². The van der Waals surface area contributed by atoms with Crippen molar-refractivity contribution in [2.24, 2.45) is 5.92 Å². The second-order valence-electron chi connectivity index (χ2n) is 6.48. The van der Waals surface area contributed by atoms with Gasteiger partial charge in [0.05, 0.1) is 19.1 Å². The Kier molecular flexibility index (Phi) is 2.66. The molecule has 0 radical (unpaired) electrons. The molecule has 1 aliphatic carbocycles. The van der Waals surface area contributed by atoms with Gasteiger partial charge >= 0.3 is 0 Å². The van der Waals surface area contributed by atoms with Gasteiger partial charge in [0.25, 0.3) is 0 Å². The lowest BCUT2D eigenvalue weighted by Gasteiger charge is -2.48. The predicted molar refractivity (Wildman–Crippen MR) is 75.0 cm³/mol. The van der Waals surface area contributed by atoms with E-state index in [-0.39, 0.29) is 11.9 Å². The quantitative estimate of drug-likeness (QED) is 0.832. The van der Waals surface area contributed by atoms with E-state index in [1.807, 2.05) is 17.0 Å². The molecule has 1 saturated carbocycles. The van der Waals surface area contributed by atoms with E-state index in [0.29, 0.717) is 19.0 Å². The van der Waals surface area contributed by atoms with E-state index in [1.54, 1.807) is 0 Å². The Morgan fingerprint density at radius 1 is 1.25 bits per heavy atom. The van der Waals surface area contributed by atoms with Crippen LogP contribution in [0.2, 0.25) is 0 Å². The molecule has 2 N–H and O–H groups in total. The van der Waals surface area contributed by atoms with Crippen molar-refractivity contribution in [3.63, 3.8) is 0 Å². The average molecular weight is 272 g/mol. The molecule has 106 valence electrons. The SMILES string of the molecule is O=C(C1Cc2ccccc2CN1)N1CC(O)(C2CC2)C1. The fraction of sp³-hybridized carbons (Fsp3) is 0.562. The largest absolute Gasteiger partial charge is 0.386 e. The van der Waals surface area contributed by atoms with E-state index in [0.717, 1.165) is 25.8 Å². The van der Waals surface area contributed by atoms with E-state index in [4.69, 9.17) is 0 Å². The van der Waals surface area contributed by atoms with Crippen LogP contribution >= 0.6 is 0 Å². The number of aliphatic hydroxyl groups is 1. The number of nitrogens with one attached hydrogen (secondary N) is 1. The first-order chi connectivity index (χ1) is 9.66. The molecule has 0 bridgehead atoms. The van der Waals surface area contributed by atoms with E-state index in [9.17, 15) is 9.90 Å². The molecule has 1 atom stereocenters. The molecule has 1 aromatic rings. The first kappa shape index (κ1) is 12.4. The number of hydrogen-bond acceptors (Lipinski definition) is 3. The number of fused-ring (bicyclic) bond motifs is 1. The minimum Gasteiger partial charge on any atom is -0.386 e. The molecule has 3 aliphatic rings. The summed E-state index contributed by atoms with van der Waals surface area (Å²) in [4.78, 5) is 14.3. The zero-order valence-corrected chi connectivity index (χ0v) is 11.5. The minimum atomic E-state index is -0.581. The van der Waals surface area contributed by atoms with E-state index < -0.39 is 5.60 Å². The van der Waals surface area contributed by atoms with Crippen molar-refractivity contribution in [1.82, 2.24) is 10.2 Å². The minimum absolute atomic E-state index is 0.131. The van der Waals surface area contributed by atoms with E-state index in [2.05, 4.69) is 17.4 Å². The first-order valence-electron chi connectivity index (χ1n) is 7.47. The first-order valence-corrected chi connectivity index (χ1v) is 7.47. The van der Waals surface area contributed by atoms with Gasteiger partial charge in [0.15, 0.2) is 0 Å².